The number of carbonyl (C=O) groups is 1. The standard InChI is InChI=1S/C16H14FN3OS/c1-9-3-4-10(2)14-13(9)19-16(22-14)20-15(21)18-12-7-5-11(17)6-8-12/h3-8H,1-2H3,(H2,18,19,20,21). The Kier molecular flexibility index (Phi) is 3.77. The monoisotopic (exact) mass is 315 g/mol. The fraction of sp³-hybridized carbons (Fsp3) is 0.125. The Morgan fingerprint density at radius 1 is 1.05 bits per heavy atom. The molecule has 0 radical (unpaired) electrons. The van der Waals surface area contributed by atoms with Crippen LogP contribution in [0.3, 0.4) is 0 Å². The molecule has 3 aromatic rings. The van der Waals surface area contributed by atoms with Crippen molar-refractivity contribution in [3.8, 4) is 0 Å². The Balaban J connectivity index is 1.78. The number of anilines is 2. The van der Waals surface area contributed by atoms with E-state index in [-0.39, 0.29) is 5.82 Å². The Labute approximate surface area is 131 Å². The van der Waals surface area contributed by atoms with Gasteiger partial charge in [0.1, 0.15) is 5.82 Å². The first kappa shape index (κ1) is 14.5. The van der Waals surface area contributed by atoms with Gasteiger partial charge < -0.3 is 5.32 Å². The molecule has 0 spiro atoms. The third-order valence-electron chi connectivity index (χ3n) is 3.26. The SMILES string of the molecule is Cc1ccc(C)c2sc(NC(=O)Nc3ccc(F)cc3)nc12. The van der Waals surface area contributed by atoms with Gasteiger partial charge in [0.25, 0.3) is 0 Å². The molecule has 6 heteroatoms. The molecule has 0 atom stereocenters. The normalized spacial score (nSPS) is 10.7. The van der Waals surface area contributed by atoms with Crippen LogP contribution in [0.1, 0.15) is 11.1 Å². The molecule has 3 rings (SSSR count). The van der Waals surface area contributed by atoms with Crippen LogP contribution < -0.4 is 10.6 Å². The van der Waals surface area contributed by atoms with Gasteiger partial charge in [0.2, 0.25) is 0 Å². The van der Waals surface area contributed by atoms with Gasteiger partial charge in [0.05, 0.1) is 10.2 Å². The first-order valence-electron chi connectivity index (χ1n) is 6.73. The van der Waals surface area contributed by atoms with Gasteiger partial charge in [-0.2, -0.15) is 0 Å². The number of benzene rings is 2. The molecule has 0 unspecified atom stereocenters. The van der Waals surface area contributed by atoms with Crippen molar-refractivity contribution in [2.24, 2.45) is 0 Å². The van der Waals surface area contributed by atoms with E-state index in [9.17, 15) is 9.18 Å². The molecular formula is C16H14FN3OS. The van der Waals surface area contributed by atoms with Gasteiger partial charge in [-0.05, 0) is 49.2 Å². The summed E-state index contributed by atoms with van der Waals surface area (Å²) in [6.07, 6.45) is 0. The van der Waals surface area contributed by atoms with E-state index in [4.69, 9.17) is 0 Å². The number of thiazole rings is 1. The summed E-state index contributed by atoms with van der Waals surface area (Å²) in [4.78, 5) is 16.4. The number of rotatable bonds is 2. The molecule has 2 N–H and O–H groups in total. The lowest BCUT2D eigenvalue weighted by molar-refractivity contribution is 0.262. The largest absolute Gasteiger partial charge is 0.325 e. The second-order valence-electron chi connectivity index (χ2n) is 4.98. The number of carbonyl (C=O) groups excluding carboxylic acids is 1. The van der Waals surface area contributed by atoms with Crippen LogP contribution in [0.2, 0.25) is 0 Å². The second kappa shape index (κ2) is 5.73. The van der Waals surface area contributed by atoms with E-state index in [0.717, 1.165) is 21.3 Å². The predicted molar refractivity (Wildman–Crippen MR) is 88.1 cm³/mol. The maximum absolute atomic E-state index is 12.8. The molecular weight excluding hydrogens is 301 g/mol. The predicted octanol–water partition coefficient (Wildman–Crippen LogP) is 4.70. The Hall–Kier alpha value is -2.47. The fourth-order valence-corrected chi connectivity index (χ4v) is 3.11. The number of aromatic nitrogens is 1. The Morgan fingerprint density at radius 3 is 2.41 bits per heavy atom. The van der Waals surface area contributed by atoms with Crippen LogP contribution in [0.25, 0.3) is 10.2 Å². The lowest BCUT2D eigenvalue weighted by atomic mass is 10.1. The number of hydrogen-bond acceptors (Lipinski definition) is 3. The van der Waals surface area contributed by atoms with Crippen molar-refractivity contribution in [1.29, 1.82) is 0 Å². The highest BCUT2D eigenvalue weighted by Gasteiger charge is 2.11. The lowest BCUT2D eigenvalue weighted by Crippen LogP contribution is -2.19. The molecule has 0 aliphatic heterocycles. The molecule has 2 aromatic carbocycles. The summed E-state index contributed by atoms with van der Waals surface area (Å²) in [6, 6.07) is 9.24. The number of halogens is 1. The summed E-state index contributed by atoms with van der Waals surface area (Å²) in [5.74, 6) is -0.344. The molecule has 1 aromatic heterocycles. The van der Waals surface area contributed by atoms with E-state index in [1.165, 1.54) is 35.6 Å². The third-order valence-corrected chi connectivity index (χ3v) is 4.37. The van der Waals surface area contributed by atoms with Crippen LogP contribution in [0.5, 0.6) is 0 Å². The van der Waals surface area contributed by atoms with Crippen molar-refractivity contribution >= 4 is 38.4 Å². The number of fused-ring (bicyclic) bond motifs is 1. The molecule has 0 saturated heterocycles. The van der Waals surface area contributed by atoms with Gasteiger partial charge in [-0.1, -0.05) is 23.5 Å². The molecule has 1 heterocycles. The Morgan fingerprint density at radius 2 is 1.73 bits per heavy atom. The van der Waals surface area contributed by atoms with Gasteiger partial charge in [-0.15, -0.1) is 0 Å². The van der Waals surface area contributed by atoms with Crippen molar-refractivity contribution in [3.63, 3.8) is 0 Å². The van der Waals surface area contributed by atoms with Crippen LogP contribution >= 0.6 is 11.3 Å². The number of urea groups is 1. The van der Waals surface area contributed by atoms with Crippen LogP contribution in [-0.4, -0.2) is 11.0 Å². The number of hydrogen-bond donors (Lipinski definition) is 2. The fourth-order valence-electron chi connectivity index (χ4n) is 2.11. The van der Waals surface area contributed by atoms with Crippen molar-refractivity contribution in [2.45, 2.75) is 13.8 Å². The van der Waals surface area contributed by atoms with Crippen molar-refractivity contribution in [1.82, 2.24) is 4.98 Å². The van der Waals surface area contributed by atoms with Gasteiger partial charge in [0.15, 0.2) is 5.13 Å². The molecule has 0 aliphatic carbocycles. The summed E-state index contributed by atoms with van der Waals surface area (Å²) in [5, 5.41) is 5.89. The van der Waals surface area contributed by atoms with E-state index >= 15 is 0 Å². The molecule has 0 saturated carbocycles. The first-order valence-corrected chi connectivity index (χ1v) is 7.55. The lowest BCUT2D eigenvalue weighted by Gasteiger charge is -2.04. The molecule has 0 fully saturated rings. The zero-order valence-corrected chi connectivity index (χ0v) is 12.9. The third kappa shape index (κ3) is 2.92. The van der Waals surface area contributed by atoms with Crippen molar-refractivity contribution < 1.29 is 9.18 Å². The summed E-state index contributed by atoms with van der Waals surface area (Å²) in [6.45, 7) is 4.01. The highest BCUT2D eigenvalue weighted by molar-refractivity contribution is 7.22. The molecule has 4 nitrogen and oxygen atoms in total. The number of nitrogens with zero attached hydrogens (tertiary/aromatic N) is 1. The van der Waals surface area contributed by atoms with Gasteiger partial charge in [-0.3, -0.25) is 5.32 Å². The molecule has 2 amide bonds. The maximum Gasteiger partial charge on any atom is 0.325 e. The van der Waals surface area contributed by atoms with Crippen LogP contribution in [0.15, 0.2) is 36.4 Å². The maximum atomic E-state index is 12.8. The van der Waals surface area contributed by atoms with Crippen molar-refractivity contribution in [3.05, 3.63) is 53.3 Å². The van der Waals surface area contributed by atoms with E-state index in [1.807, 2.05) is 26.0 Å². The minimum Gasteiger partial charge on any atom is -0.308 e. The van der Waals surface area contributed by atoms with Gasteiger partial charge in [-0.25, -0.2) is 14.2 Å². The summed E-state index contributed by atoms with van der Waals surface area (Å²) in [7, 11) is 0. The summed E-state index contributed by atoms with van der Waals surface area (Å²) < 4.78 is 13.9. The minimum absolute atomic E-state index is 0.344. The van der Waals surface area contributed by atoms with Crippen LogP contribution in [0, 0.1) is 19.7 Å². The summed E-state index contributed by atoms with van der Waals surface area (Å²) in [5.41, 5.74) is 3.63. The van der Waals surface area contributed by atoms with Gasteiger partial charge >= 0.3 is 6.03 Å². The second-order valence-corrected chi connectivity index (χ2v) is 5.98. The first-order chi connectivity index (χ1) is 10.5. The van der Waals surface area contributed by atoms with Gasteiger partial charge in [0, 0.05) is 5.69 Å². The summed E-state index contributed by atoms with van der Waals surface area (Å²) >= 11 is 1.44. The molecule has 0 bridgehead atoms. The smallest absolute Gasteiger partial charge is 0.308 e. The zero-order valence-electron chi connectivity index (χ0n) is 12.1. The van der Waals surface area contributed by atoms with Crippen molar-refractivity contribution in [2.75, 3.05) is 10.6 Å². The average molecular weight is 315 g/mol. The Bertz CT molecular complexity index is 803. The quantitative estimate of drug-likeness (QED) is 0.720. The number of amides is 2. The number of nitrogens with one attached hydrogen (secondary N) is 2. The van der Waals surface area contributed by atoms with E-state index < -0.39 is 6.03 Å². The molecule has 22 heavy (non-hydrogen) atoms. The highest BCUT2D eigenvalue weighted by Crippen LogP contribution is 2.30. The topological polar surface area (TPSA) is 54.0 Å². The van der Waals surface area contributed by atoms with Crippen LogP contribution in [0.4, 0.5) is 20.0 Å². The molecule has 112 valence electrons. The van der Waals surface area contributed by atoms with E-state index in [0.29, 0.717) is 10.8 Å². The molecule has 0 aliphatic rings. The minimum atomic E-state index is -0.402. The number of aryl methyl sites for hydroxylation is 2. The van der Waals surface area contributed by atoms with E-state index in [2.05, 4.69) is 15.6 Å². The zero-order chi connectivity index (χ0) is 15.7. The highest BCUT2D eigenvalue weighted by atomic mass is 32.1. The van der Waals surface area contributed by atoms with Crippen LogP contribution in [-0.2, 0) is 0 Å². The average Bonchev–Trinajstić information content (AvgIpc) is 2.90. The van der Waals surface area contributed by atoms with E-state index in [1.54, 1.807) is 0 Å².